The van der Waals surface area contributed by atoms with Crippen LogP contribution in [-0.2, 0) is 11.3 Å². The first kappa shape index (κ1) is 11.6. The van der Waals surface area contributed by atoms with Gasteiger partial charge in [0.15, 0.2) is 0 Å². The Bertz CT molecular complexity index is 364. The first-order chi connectivity index (χ1) is 7.75. The van der Waals surface area contributed by atoms with E-state index < -0.39 is 0 Å². The molecule has 86 valence electrons. The van der Waals surface area contributed by atoms with Gasteiger partial charge in [0.25, 0.3) is 0 Å². The number of benzene rings is 1. The average molecular weight is 283 g/mol. The number of nitrogens with one attached hydrogen (secondary N) is 2. The Kier molecular flexibility index (Phi) is 3.96. The van der Waals surface area contributed by atoms with Crippen LogP contribution >= 0.6 is 15.9 Å². The van der Waals surface area contributed by atoms with Gasteiger partial charge in [-0.25, -0.2) is 0 Å². The zero-order valence-corrected chi connectivity index (χ0v) is 10.6. The second kappa shape index (κ2) is 5.46. The van der Waals surface area contributed by atoms with Crippen LogP contribution in [-0.4, -0.2) is 18.5 Å². The molecule has 1 amide bonds. The lowest BCUT2D eigenvalue weighted by atomic mass is 10.1. The van der Waals surface area contributed by atoms with Gasteiger partial charge in [0, 0.05) is 17.6 Å². The molecule has 3 nitrogen and oxygen atoms in total. The van der Waals surface area contributed by atoms with E-state index in [0.29, 0.717) is 0 Å². The van der Waals surface area contributed by atoms with Crippen molar-refractivity contribution in [1.82, 2.24) is 10.6 Å². The molecule has 0 unspecified atom stereocenters. The molecule has 0 bridgehead atoms. The largest absolute Gasteiger partial charge is 0.355 e. The van der Waals surface area contributed by atoms with Crippen molar-refractivity contribution in [1.29, 1.82) is 0 Å². The molecule has 0 aromatic heterocycles. The maximum absolute atomic E-state index is 11.5. The van der Waals surface area contributed by atoms with Crippen molar-refractivity contribution in [3.05, 3.63) is 34.3 Å². The highest BCUT2D eigenvalue weighted by Gasteiger charge is 2.20. The summed E-state index contributed by atoms with van der Waals surface area (Å²) in [4.78, 5) is 11.5. The Hall–Kier alpha value is -0.870. The number of amides is 1. The number of halogens is 1. The van der Waals surface area contributed by atoms with E-state index in [1.807, 2.05) is 12.1 Å². The molecule has 16 heavy (non-hydrogen) atoms. The summed E-state index contributed by atoms with van der Waals surface area (Å²) in [5.74, 6) is 0.128. The zero-order valence-electron chi connectivity index (χ0n) is 9.00. The number of hydrogen-bond donors (Lipinski definition) is 2. The number of carbonyl (C=O) groups is 1. The van der Waals surface area contributed by atoms with Crippen molar-refractivity contribution in [3.8, 4) is 0 Å². The van der Waals surface area contributed by atoms with Gasteiger partial charge in [-0.2, -0.15) is 0 Å². The molecule has 4 heteroatoms. The molecule has 2 rings (SSSR count). The molecule has 0 spiro atoms. The number of piperidine rings is 1. The molecule has 1 aliphatic rings. The van der Waals surface area contributed by atoms with Crippen LogP contribution in [0.15, 0.2) is 28.7 Å². The Balaban J connectivity index is 1.86. The van der Waals surface area contributed by atoms with E-state index >= 15 is 0 Å². The van der Waals surface area contributed by atoms with E-state index in [1.165, 1.54) is 5.56 Å². The fraction of sp³-hybridized carbons (Fsp3) is 0.417. The van der Waals surface area contributed by atoms with Crippen LogP contribution in [0.5, 0.6) is 0 Å². The molecule has 1 aromatic rings. The summed E-state index contributed by atoms with van der Waals surface area (Å²) in [6.45, 7) is 1.56. The van der Waals surface area contributed by atoms with Gasteiger partial charge in [-0.3, -0.25) is 4.79 Å². The molecule has 0 radical (unpaired) electrons. The third-order valence-electron chi connectivity index (χ3n) is 2.75. The normalized spacial score (nSPS) is 20.6. The minimum Gasteiger partial charge on any atom is -0.355 e. The highest BCUT2D eigenvalue weighted by molar-refractivity contribution is 9.10. The molecule has 0 saturated carbocycles. The molecule has 1 atom stereocenters. The van der Waals surface area contributed by atoms with Crippen molar-refractivity contribution in [2.45, 2.75) is 25.4 Å². The SMILES string of the molecule is O=C1NCCC[C@H]1NCc1ccc(Br)cc1. The van der Waals surface area contributed by atoms with E-state index in [0.717, 1.165) is 30.4 Å². The van der Waals surface area contributed by atoms with Crippen LogP contribution in [0.1, 0.15) is 18.4 Å². The average Bonchev–Trinajstić information content (AvgIpc) is 2.30. The van der Waals surface area contributed by atoms with E-state index in [1.54, 1.807) is 0 Å². The van der Waals surface area contributed by atoms with Gasteiger partial charge in [-0.15, -0.1) is 0 Å². The fourth-order valence-corrected chi connectivity index (χ4v) is 2.07. The van der Waals surface area contributed by atoms with Crippen LogP contribution < -0.4 is 10.6 Å². The summed E-state index contributed by atoms with van der Waals surface area (Å²) in [5.41, 5.74) is 1.20. The maximum Gasteiger partial charge on any atom is 0.237 e. The Morgan fingerprint density at radius 1 is 1.38 bits per heavy atom. The van der Waals surface area contributed by atoms with Crippen LogP contribution in [0.25, 0.3) is 0 Å². The number of rotatable bonds is 3. The Morgan fingerprint density at radius 3 is 2.81 bits per heavy atom. The fourth-order valence-electron chi connectivity index (χ4n) is 1.81. The summed E-state index contributed by atoms with van der Waals surface area (Å²) < 4.78 is 1.08. The molecule has 2 N–H and O–H groups in total. The second-order valence-corrected chi connectivity index (χ2v) is 4.91. The van der Waals surface area contributed by atoms with Gasteiger partial charge < -0.3 is 10.6 Å². The van der Waals surface area contributed by atoms with Gasteiger partial charge >= 0.3 is 0 Å². The lowest BCUT2D eigenvalue weighted by Crippen LogP contribution is -2.47. The number of hydrogen-bond acceptors (Lipinski definition) is 2. The summed E-state index contributed by atoms with van der Waals surface area (Å²) in [6.07, 6.45) is 1.99. The van der Waals surface area contributed by atoms with Gasteiger partial charge in [-0.1, -0.05) is 28.1 Å². The van der Waals surface area contributed by atoms with Crippen LogP contribution in [0.3, 0.4) is 0 Å². The highest BCUT2D eigenvalue weighted by atomic mass is 79.9. The predicted octanol–water partition coefficient (Wildman–Crippen LogP) is 1.82. The zero-order chi connectivity index (χ0) is 11.4. The minimum atomic E-state index is -0.0302. The first-order valence-corrected chi connectivity index (χ1v) is 6.30. The Labute approximate surface area is 104 Å². The van der Waals surface area contributed by atoms with Gasteiger partial charge in [0.1, 0.15) is 0 Å². The van der Waals surface area contributed by atoms with Gasteiger partial charge in [-0.05, 0) is 30.5 Å². The molecular weight excluding hydrogens is 268 g/mol. The van der Waals surface area contributed by atoms with Crippen LogP contribution in [0.2, 0.25) is 0 Å². The third kappa shape index (κ3) is 3.06. The monoisotopic (exact) mass is 282 g/mol. The van der Waals surface area contributed by atoms with E-state index in [2.05, 4.69) is 38.7 Å². The topological polar surface area (TPSA) is 41.1 Å². The lowest BCUT2D eigenvalue weighted by molar-refractivity contribution is -0.124. The van der Waals surface area contributed by atoms with E-state index in [-0.39, 0.29) is 11.9 Å². The van der Waals surface area contributed by atoms with E-state index in [4.69, 9.17) is 0 Å². The Morgan fingerprint density at radius 2 is 2.12 bits per heavy atom. The van der Waals surface area contributed by atoms with Crippen molar-refractivity contribution in [2.24, 2.45) is 0 Å². The molecular formula is C12H15BrN2O. The second-order valence-electron chi connectivity index (χ2n) is 3.99. The summed E-state index contributed by atoms with van der Waals surface area (Å²) >= 11 is 3.40. The van der Waals surface area contributed by atoms with Crippen molar-refractivity contribution in [2.75, 3.05) is 6.54 Å². The maximum atomic E-state index is 11.5. The van der Waals surface area contributed by atoms with E-state index in [9.17, 15) is 4.79 Å². The van der Waals surface area contributed by atoms with Crippen molar-refractivity contribution < 1.29 is 4.79 Å². The third-order valence-corrected chi connectivity index (χ3v) is 3.28. The van der Waals surface area contributed by atoms with Crippen LogP contribution in [0, 0.1) is 0 Å². The molecule has 1 saturated heterocycles. The van der Waals surface area contributed by atoms with Crippen LogP contribution in [0.4, 0.5) is 0 Å². The predicted molar refractivity (Wildman–Crippen MR) is 67.0 cm³/mol. The van der Waals surface area contributed by atoms with Crippen molar-refractivity contribution in [3.63, 3.8) is 0 Å². The summed E-state index contributed by atoms with van der Waals surface area (Å²) in [6, 6.07) is 8.10. The summed E-state index contributed by atoms with van der Waals surface area (Å²) in [5, 5.41) is 6.15. The molecule has 0 aliphatic carbocycles. The molecule has 1 fully saturated rings. The molecule has 1 aliphatic heterocycles. The van der Waals surface area contributed by atoms with Crippen molar-refractivity contribution >= 4 is 21.8 Å². The standard InChI is InChI=1S/C12H15BrN2O/c13-10-5-3-9(4-6-10)8-15-11-2-1-7-14-12(11)16/h3-6,11,15H,1-2,7-8H2,(H,14,16)/t11-/m1/s1. The highest BCUT2D eigenvalue weighted by Crippen LogP contribution is 2.11. The molecule has 1 heterocycles. The smallest absolute Gasteiger partial charge is 0.237 e. The molecule has 1 aromatic carbocycles. The summed E-state index contributed by atoms with van der Waals surface area (Å²) in [7, 11) is 0. The quantitative estimate of drug-likeness (QED) is 0.888. The van der Waals surface area contributed by atoms with Gasteiger partial charge in [0.05, 0.1) is 6.04 Å². The van der Waals surface area contributed by atoms with Gasteiger partial charge in [0.2, 0.25) is 5.91 Å². The minimum absolute atomic E-state index is 0.0302. The number of carbonyl (C=O) groups excluding carboxylic acids is 1. The lowest BCUT2D eigenvalue weighted by Gasteiger charge is -2.22. The first-order valence-electron chi connectivity index (χ1n) is 5.51.